The molecule has 0 atom stereocenters. The van der Waals surface area contributed by atoms with E-state index in [1.807, 2.05) is 36.5 Å². The molecule has 0 fully saturated rings. The average molecular weight is 368 g/mol. The quantitative estimate of drug-likeness (QED) is 0.509. The van der Waals surface area contributed by atoms with Crippen LogP contribution in [-0.4, -0.2) is 30.4 Å². The van der Waals surface area contributed by atoms with Gasteiger partial charge in [-0.25, -0.2) is 0 Å². The van der Waals surface area contributed by atoms with E-state index in [1.165, 1.54) is 4.68 Å². The van der Waals surface area contributed by atoms with Gasteiger partial charge in [-0.3, -0.25) is 24.3 Å². The van der Waals surface area contributed by atoms with Crippen molar-refractivity contribution in [2.75, 3.05) is 5.32 Å². The first-order valence-corrected chi connectivity index (χ1v) is 8.48. The fourth-order valence-electron chi connectivity index (χ4n) is 2.93. The summed E-state index contributed by atoms with van der Waals surface area (Å²) in [5, 5.41) is 22.2. The summed E-state index contributed by atoms with van der Waals surface area (Å²) < 4.78 is 3.30. The van der Waals surface area contributed by atoms with Crippen molar-refractivity contribution in [1.82, 2.24) is 19.6 Å². The van der Waals surface area contributed by atoms with Crippen molar-refractivity contribution in [2.24, 2.45) is 0 Å². The van der Waals surface area contributed by atoms with E-state index in [2.05, 4.69) is 15.5 Å². The van der Waals surface area contributed by atoms with Gasteiger partial charge in [0, 0.05) is 24.5 Å². The van der Waals surface area contributed by atoms with Crippen molar-refractivity contribution in [1.29, 1.82) is 0 Å². The Hall–Kier alpha value is -3.49. The molecule has 0 radical (unpaired) electrons. The Labute approximate surface area is 155 Å². The molecule has 9 nitrogen and oxygen atoms in total. The van der Waals surface area contributed by atoms with Gasteiger partial charge in [0.1, 0.15) is 11.4 Å². The zero-order chi connectivity index (χ0) is 19.4. The minimum Gasteiger partial charge on any atom is -0.326 e. The van der Waals surface area contributed by atoms with Crippen LogP contribution < -0.4 is 5.32 Å². The largest absolute Gasteiger partial charge is 0.326 e. The molecule has 9 heteroatoms. The number of hydrogen-bond acceptors (Lipinski definition) is 5. The fourth-order valence-corrected chi connectivity index (χ4v) is 2.93. The number of nitrogens with zero attached hydrogens (tertiary/aromatic N) is 5. The van der Waals surface area contributed by atoms with Crippen molar-refractivity contribution in [3.05, 3.63) is 69.8 Å². The van der Waals surface area contributed by atoms with E-state index in [0.29, 0.717) is 23.6 Å². The number of anilines is 1. The Morgan fingerprint density at radius 2 is 2.11 bits per heavy atom. The SMILES string of the molecule is Cc1nn(CCC(=O)Nc2cccc(Cn3cccn3)c2)c(C)c1[N+](=O)[O-]. The van der Waals surface area contributed by atoms with Crippen LogP contribution >= 0.6 is 0 Å². The summed E-state index contributed by atoms with van der Waals surface area (Å²) in [7, 11) is 0. The van der Waals surface area contributed by atoms with E-state index >= 15 is 0 Å². The molecule has 0 spiro atoms. The van der Waals surface area contributed by atoms with Gasteiger partial charge in [0.2, 0.25) is 5.91 Å². The summed E-state index contributed by atoms with van der Waals surface area (Å²) in [6, 6.07) is 9.41. The third-order valence-corrected chi connectivity index (χ3v) is 4.19. The van der Waals surface area contributed by atoms with Gasteiger partial charge in [-0.05, 0) is 37.6 Å². The lowest BCUT2D eigenvalue weighted by atomic mass is 10.2. The highest BCUT2D eigenvalue weighted by Crippen LogP contribution is 2.22. The van der Waals surface area contributed by atoms with E-state index in [1.54, 1.807) is 24.7 Å². The second-order valence-electron chi connectivity index (χ2n) is 6.20. The highest BCUT2D eigenvalue weighted by atomic mass is 16.6. The summed E-state index contributed by atoms with van der Waals surface area (Å²) in [6.07, 6.45) is 3.76. The number of nitro groups is 1. The monoisotopic (exact) mass is 368 g/mol. The molecule has 0 bridgehead atoms. The highest BCUT2D eigenvalue weighted by molar-refractivity contribution is 5.90. The molecule has 0 aliphatic rings. The Kier molecular flexibility index (Phi) is 5.30. The molecule has 1 amide bonds. The topological polar surface area (TPSA) is 108 Å². The fraction of sp³-hybridized carbons (Fsp3) is 0.278. The minimum absolute atomic E-state index is 0.00160. The molecular weight excluding hydrogens is 348 g/mol. The van der Waals surface area contributed by atoms with Crippen molar-refractivity contribution in [3.63, 3.8) is 0 Å². The van der Waals surface area contributed by atoms with Gasteiger partial charge in [0.25, 0.3) is 0 Å². The minimum atomic E-state index is -0.445. The summed E-state index contributed by atoms with van der Waals surface area (Å²) in [4.78, 5) is 22.8. The first kappa shape index (κ1) is 18.3. The standard InChI is InChI=1S/C18H20N6O3/c1-13-18(24(26)27)14(2)23(21-13)10-7-17(25)20-16-6-3-5-15(11-16)12-22-9-4-8-19-22/h3-6,8-9,11H,7,10,12H2,1-2H3,(H,20,25). The second kappa shape index (κ2) is 7.81. The number of aryl methyl sites for hydroxylation is 2. The number of hydrogen-bond donors (Lipinski definition) is 1. The molecule has 0 aliphatic carbocycles. The number of carbonyl (C=O) groups excluding carboxylic acids is 1. The van der Waals surface area contributed by atoms with E-state index in [4.69, 9.17) is 0 Å². The average Bonchev–Trinajstić information content (AvgIpc) is 3.21. The van der Waals surface area contributed by atoms with E-state index < -0.39 is 4.92 Å². The van der Waals surface area contributed by atoms with Crippen molar-refractivity contribution >= 4 is 17.3 Å². The van der Waals surface area contributed by atoms with E-state index in [9.17, 15) is 14.9 Å². The van der Waals surface area contributed by atoms with E-state index in [0.717, 1.165) is 5.56 Å². The van der Waals surface area contributed by atoms with Gasteiger partial charge < -0.3 is 5.32 Å². The predicted octanol–water partition coefficient (Wildman–Crippen LogP) is 2.68. The number of rotatable bonds is 7. The molecule has 0 unspecified atom stereocenters. The zero-order valence-electron chi connectivity index (χ0n) is 15.1. The number of carbonyl (C=O) groups is 1. The van der Waals surface area contributed by atoms with Gasteiger partial charge in [0.15, 0.2) is 0 Å². The lowest BCUT2D eigenvalue weighted by molar-refractivity contribution is -0.386. The van der Waals surface area contributed by atoms with Crippen molar-refractivity contribution < 1.29 is 9.72 Å². The zero-order valence-corrected chi connectivity index (χ0v) is 15.1. The molecule has 2 heterocycles. The molecule has 2 aromatic heterocycles. The maximum atomic E-state index is 12.2. The van der Waals surface area contributed by atoms with Crippen LogP contribution in [0.25, 0.3) is 0 Å². The molecule has 1 N–H and O–H groups in total. The number of benzene rings is 1. The molecule has 0 saturated heterocycles. The van der Waals surface area contributed by atoms with Crippen LogP contribution in [0.1, 0.15) is 23.4 Å². The van der Waals surface area contributed by atoms with Crippen LogP contribution in [0.2, 0.25) is 0 Å². The third-order valence-electron chi connectivity index (χ3n) is 4.19. The maximum absolute atomic E-state index is 12.2. The lowest BCUT2D eigenvalue weighted by Gasteiger charge is -2.08. The molecule has 3 rings (SSSR count). The van der Waals surface area contributed by atoms with Crippen LogP contribution in [-0.2, 0) is 17.9 Å². The first-order valence-electron chi connectivity index (χ1n) is 8.48. The van der Waals surface area contributed by atoms with Gasteiger partial charge in [-0.15, -0.1) is 0 Å². The smallest absolute Gasteiger partial charge is 0.312 e. The van der Waals surface area contributed by atoms with E-state index in [-0.39, 0.29) is 24.6 Å². The lowest BCUT2D eigenvalue weighted by Crippen LogP contribution is -2.16. The first-order chi connectivity index (χ1) is 12.9. The van der Waals surface area contributed by atoms with Crippen LogP contribution in [0, 0.1) is 24.0 Å². The summed E-state index contributed by atoms with van der Waals surface area (Å²) >= 11 is 0. The van der Waals surface area contributed by atoms with Crippen molar-refractivity contribution in [2.45, 2.75) is 33.4 Å². The Morgan fingerprint density at radius 1 is 1.30 bits per heavy atom. The number of amides is 1. The summed E-state index contributed by atoms with van der Waals surface area (Å²) in [5.41, 5.74) is 2.52. The third kappa shape index (κ3) is 4.38. The Morgan fingerprint density at radius 3 is 2.78 bits per heavy atom. The molecular formula is C18H20N6O3. The molecule has 0 saturated carbocycles. The highest BCUT2D eigenvalue weighted by Gasteiger charge is 2.21. The van der Waals surface area contributed by atoms with Crippen LogP contribution in [0.15, 0.2) is 42.7 Å². The van der Waals surface area contributed by atoms with Gasteiger partial charge in [-0.1, -0.05) is 12.1 Å². The van der Waals surface area contributed by atoms with Crippen LogP contribution in [0.5, 0.6) is 0 Å². The molecule has 1 aromatic carbocycles. The van der Waals surface area contributed by atoms with Crippen LogP contribution in [0.3, 0.4) is 0 Å². The Bertz CT molecular complexity index is 962. The van der Waals surface area contributed by atoms with Crippen molar-refractivity contribution in [3.8, 4) is 0 Å². The second-order valence-corrected chi connectivity index (χ2v) is 6.20. The predicted molar refractivity (Wildman–Crippen MR) is 99.4 cm³/mol. The van der Waals surface area contributed by atoms with Gasteiger partial charge >= 0.3 is 5.69 Å². The van der Waals surface area contributed by atoms with Crippen LogP contribution in [0.4, 0.5) is 11.4 Å². The van der Waals surface area contributed by atoms with Gasteiger partial charge in [-0.2, -0.15) is 10.2 Å². The molecule has 3 aromatic rings. The molecule has 0 aliphatic heterocycles. The summed E-state index contributed by atoms with van der Waals surface area (Å²) in [6.45, 7) is 4.12. The normalized spacial score (nSPS) is 10.7. The Balaban J connectivity index is 1.60. The van der Waals surface area contributed by atoms with Gasteiger partial charge in [0.05, 0.1) is 18.0 Å². The number of aromatic nitrogens is 4. The molecule has 140 valence electrons. The molecule has 27 heavy (non-hydrogen) atoms. The summed E-state index contributed by atoms with van der Waals surface area (Å²) in [5.74, 6) is -0.179. The maximum Gasteiger partial charge on any atom is 0.312 e. The number of nitrogens with one attached hydrogen (secondary N) is 1.